The van der Waals surface area contributed by atoms with Crippen LogP contribution in [0.4, 0.5) is 0 Å². The molecule has 0 aliphatic heterocycles. The van der Waals surface area contributed by atoms with Crippen molar-refractivity contribution in [3.05, 3.63) is 138 Å². The average molecular weight is 446 g/mol. The van der Waals surface area contributed by atoms with E-state index in [1.807, 2.05) is 53.2 Å². The van der Waals surface area contributed by atoms with Crippen molar-refractivity contribution in [2.45, 2.75) is 5.60 Å². The van der Waals surface area contributed by atoms with E-state index in [0.29, 0.717) is 11.1 Å². The number of carbonyl (C=O) groups excluding carboxylic acids is 1. The maximum absolute atomic E-state index is 13.2. The molecule has 4 aromatic carbocycles. The van der Waals surface area contributed by atoms with Crippen LogP contribution in [0.2, 0.25) is 0 Å². The number of rotatable bonds is 6. The van der Waals surface area contributed by atoms with Crippen molar-refractivity contribution in [2.24, 2.45) is 5.10 Å². The molecule has 1 aromatic heterocycles. The lowest BCUT2D eigenvalue weighted by Crippen LogP contribution is -2.43. The number of carbonyl (C=O) groups is 1. The van der Waals surface area contributed by atoms with Crippen LogP contribution in [0.25, 0.3) is 16.5 Å². The molecular formula is C29H23N3O2. The molecule has 0 aliphatic carbocycles. The fraction of sp³-hybridized carbons (Fsp3) is 0.0345. The lowest BCUT2D eigenvalue weighted by atomic mass is 9.85. The summed E-state index contributed by atoms with van der Waals surface area (Å²) >= 11 is 0. The predicted molar refractivity (Wildman–Crippen MR) is 135 cm³/mol. The van der Waals surface area contributed by atoms with Gasteiger partial charge in [-0.2, -0.15) is 5.10 Å². The maximum Gasteiger partial charge on any atom is 0.281 e. The maximum atomic E-state index is 13.2. The van der Waals surface area contributed by atoms with Crippen LogP contribution in [0.1, 0.15) is 16.8 Å². The SMILES string of the molecule is O=C(N/N=C/c1cccn1-c1ccc2ccccc2c1)C(O)(c1ccccc1)c1ccccc1. The molecule has 0 bridgehead atoms. The van der Waals surface area contributed by atoms with E-state index in [-0.39, 0.29) is 0 Å². The molecule has 5 nitrogen and oxygen atoms in total. The van der Waals surface area contributed by atoms with E-state index in [9.17, 15) is 9.90 Å². The summed E-state index contributed by atoms with van der Waals surface area (Å²) < 4.78 is 1.99. The minimum atomic E-state index is -1.87. The molecule has 0 saturated carbocycles. The topological polar surface area (TPSA) is 66.6 Å². The van der Waals surface area contributed by atoms with Crippen LogP contribution in [-0.4, -0.2) is 21.8 Å². The standard InChI is InChI=1S/C29H23N3O2/c33-28(29(34,24-12-3-1-4-13-24)25-14-5-2-6-15-25)31-30-21-27-16-9-19-32(27)26-18-17-22-10-7-8-11-23(22)20-26/h1-21,34H,(H,31,33)/b30-21+. The Kier molecular flexibility index (Phi) is 5.77. The third-order valence-corrected chi connectivity index (χ3v) is 5.87. The second kappa shape index (κ2) is 9.17. The zero-order valence-corrected chi connectivity index (χ0v) is 18.4. The predicted octanol–water partition coefficient (Wildman–Crippen LogP) is 5.02. The van der Waals surface area contributed by atoms with Crippen LogP contribution in [-0.2, 0) is 10.4 Å². The molecule has 34 heavy (non-hydrogen) atoms. The summed E-state index contributed by atoms with van der Waals surface area (Å²) in [6.07, 6.45) is 3.51. The summed E-state index contributed by atoms with van der Waals surface area (Å²) in [6.45, 7) is 0. The monoisotopic (exact) mass is 445 g/mol. The fourth-order valence-corrected chi connectivity index (χ4v) is 4.09. The Bertz CT molecular complexity index is 1420. The number of amides is 1. The van der Waals surface area contributed by atoms with Gasteiger partial charge in [0.2, 0.25) is 0 Å². The van der Waals surface area contributed by atoms with Crippen molar-refractivity contribution in [1.29, 1.82) is 0 Å². The summed E-state index contributed by atoms with van der Waals surface area (Å²) in [5.41, 5.74) is 3.37. The van der Waals surface area contributed by atoms with E-state index in [4.69, 9.17) is 0 Å². The number of nitrogens with zero attached hydrogens (tertiary/aromatic N) is 2. The van der Waals surface area contributed by atoms with Crippen molar-refractivity contribution in [2.75, 3.05) is 0 Å². The Morgan fingerprint density at radius 2 is 1.38 bits per heavy atom. The third-order valence-electron chi connectivity index (χ3n) is 5.87. The van der Waals surface area contributed by atoms with E-state index in [1.165, 1.54) is 5.39 Å². The molecule has 0 saturated heterocycles. The Morgan fingerprint density at radius 1 is 0.765 bits per heavy atom. The van der Waals surface area contributed by atoms with Crippen molar-refractivity contribution in [3.8, 4) is 5.69 Å². The Hall–Kier alpha value is -4.48. The van der Waals surface area contributed by atoms with Gasteiger partial charge in [0.1, 0.15) is 0 Å². The molecule has 0 atom stereocenters. The molecule has 166 valence electrons. The fourth-order valence-electron chi connectivity index (χ4n) is 4.09. The largest absolute Gasteiger partial charge is 0.372 e. The first-order valence-corrected chi connectivity index (χ1v) is 11.0. The summed E-state index contributed by atoms with van der Waals surface area (Å²) in [7, 11) is 0. The van der Waals surface area contributed by atoms with Crippen molar-refractivity contribution >= 4 is 22.9 Å². The Morgan fingerprint density at radius 3 is 2.06 bits per heavy atom. The van der Waals surface area contributed by atoms with Crippen molar-refractivity contribution < 1.29 is 9.90 Å². The molecule has 0 aliphatic rings. The lowest BCUT2D eigenvalue weighted by Gasteiger charge is -2.27. The third kappa shape index (κ3) is 4.00. The van der Waals surface area contributed by atoms with Crippen LogP contribution in [0.15, 0.2) is 127 Å². The number of benzene rings is 4. The van der Waals surface area contributed by atoms with Crippen molar-refractivity contribution in [1.82, 2.24) is 9.99 Å². The molecule has 0 fully saturated rings. The number of aliphatic hydroxyl groups is 1. The highest BCUT2D eigenvalue weighted by atomic mass is 16.3. The molecule has 0 unspecified atom stereocenters. The molecule has 1 amide bonds. The van der Waals surface area contributed by atoms with Gasteiger partial charge in [-0.3, -0.25) is 4.79 Å². The zero-order chi connectivity index (χ0) is 23.4. The van der Waals surface area contributed by atoms with Crippen LogP contribution >= 0.6 is 0 Å². The van der Waals surface area contributed by atoms with E-state index >= 15 is 0 Å². The minimum Gasteiger partial charge on any atom is -0.372 e. The van der Waals surface area contributed by atoms with E-state index in [1.54, 1.807) is 54.7 Å². The molecular weight excluding hydrogens is 422 g/mol. The molecule has 1 heterocycles. The second-order valence-electron chi connectivity index (χ2n) is 7.98. The van der Waals surface area contributed by atoms with Gasteiger partial charge in [0.05, 0.1) is 11.9 Å². The quantitative estimate of drug-likeness (QED) is 0.285. The summed E-state index contributed by atoms with van der Waals surface area (Å²) in [6, 6.07) is 36.0. The number of hydrogen-bond donors (Lipinski definition) is 2. The smallest absolute Gasteiger partial charge is 0.281 e. The van der Waals surface area contributed by atoms with Gasteiger partial charge in [0.15, 0.2) is 5.60 Å². The first kappa shape index (κ1) is 21.4. The van der Waals surface area contributed by atoms with E-state index in [0.717, 1.165) is 16.8 Å². The van der Waals surface area contributed by atoms with E-state index in [2.05, 4.69) is 34.8 Å². The number of aromatic nitrogens is 1. The minimum absolute atomic E-state index is 0.466. The van der Waals surface area contributed by atoms with Gasteiger partial charge >= 0.3 is 0 Å². The average Bonchev–Trinajstić information content (AvgIpc) is 3.37. The van der Waals surface area contributed by atoms with Crippen LogP contribution in [0, 0.1) is 0 Å². The highest BCUT2D eigenvalue weighted by Crippen LogP contribution is 2.30. The second-order valence-corrected chi connectivity index (χ2v) is 7.98. The Labute approximate surface area is 197 Å². The van der Waals surface area contributed by atoms with Gasteiger partial charge in [-0.1, -0.05) is 91.0 Å². The van der Waals surface area contributed by atoms with Crippen LogP contribution in [0.3, 0.4) is 0 Å². The molecule has 0 radical (unpaired) electrons. The molecule has 0 spiro atoms. The highest BCUT2D eigenvalue weighted by Gasteiger charge is 2.39. The lowest BCUT2D eigenvalue weighted by molar-refractivity contribution is -0.136. The van der Waals surface area contributed by atoms with Gasteiger partial charge in [0, 0.05) is 11.9 Å². The molecule has 2 N–H and O–H groups in total. The number of fused-ring (bicyclic) bond motifs is 1. The number of nitrogens with one attached hydrogen (secondary N) is 1. The van der Waals surface area contributed by atoms with E-state index < -0.39 is 11.5 Å². The van der Waals surface area contributed by atoms with Gasteiger partial charge < -0.3 is 9.67 Å². The first-order valence-electron chi connectivity index (χ1n) is 11.0. The van der Waals surface area contributed by atoms with Crippen LogP contribution < -0.4 is 5.43 Å². The number of hydrogen-bond acceptors (Lipinski definition) is 3. The molecule has 5 rings (SSSR count). The molecule has 5 aromatic rings. The highest BCUT2D eigenvalue weighted by molar-refractivity contribution is 5.91. The molecule has 5 heteroatoms. The van der Waals surface area contributed by atoms with Crippen LogP contribution in [0.5, 0.6) is 0 Å². The van der Waals surface area contributed by atoms with Gasteiger partial charge in [-0.05, 0) is 46.2 Å². The summed E-state index contributed by atoms with van der Waals surface area (Å²) in [4.78, 5) is 13.2. The Balaban J connectivity index is 1.41. The normalized spacial score (nSPS) is 11.7. The van der Waals surface area contributed by atoms with Gasteiger partial charge in [-0.15, -0.1) is 0 Å². The van der Waals surface area contributed by atoms with Gasteiger partial charge in [-0.25, -0.2) is 5.43 Å². The summed E-state index contributed by atoms with van der Waals surface area (Å²) in [5, 5.41) is 18.0. The van der Waals surface area contributed by atoms with Crippen molar-refractivity contribution in [3.63, 3.8) is 0 Å². The first-order chi connectivity index (χ1) is 16.7. The summed E-state index contributed by atoms with van der Waals surface area (Å²) in [5.74, 6) is -0.634. The number of hydrazone groups is 1. The van der Waals surface area contributed by atoms with Gasteiger partial charge in [0.25, 0.3) is 5.91 Å². The zero-order valence-electron chi connectivity index (χ0n) is 18.4.